The number of anilines is 1. The summed E-state index contributed by atoms with van der Waals surface area (Å²) in [6.45, 7) is 7.36. The molecule has 0 saturated carbocycles. The van der Waals surface area contributed by atoms with E-state index >= 15 is 0 Å². The molecule has 0 aromatic heterocycles. The zero-order chi connectivity index (χ0) is 13.3. The summed E-state index contributed by atoms with van der Waals surface area (Å²) in [4.78, 5) is 4.96. The molecule has 0 atom stereocenters. The van der Waals surface area contributed by atoms with Crippen LogP contribution in [-0.2, 0) is 5.41 Å². The molecule has 2 aliphatic heterocycles. The second kappa shape index (κ2) is 5.16. The van der Waals surface area contributed by atoms with E-state index < -0.39 is 0 Å². The highest BCUT2D eigenvalue weighted by Crippen LogP contribution is 2.35. The monoisotopic (exact) mass is 258 g/mol. The lowest BCUT2D eigenvalue weighted by Crippen LogP contribution is -2.38. The first-order valence-electron chi connectivity index (χ1n) is 7.71. The number of hydrogen-bond acceptors (Lipinski definition) is 2. The van der Waals surface area contributed by atoms with Crippen LogP contribution in [0.1, 0.15) is 38.2 Å². The standard InChI is InChI=1S/C17H26N2/c1-17(9-13-18(2)14-10-17)15-5-7-16(8-6-15)19-11-3-4-12-19/h5-8H,3-4,9-14H2,1-2H3. The fourth-order valence-electron chi connectivity index (χ4n) is 3.45. The van der Waals surface area contributed by atoms with Gasteiger partial charge in [0, 0.05) is 18.8 Å². The normalized spacial score (nSPS) is 23.8. The van der Waals surface area contributed by atoms with Crippen molar-refractivity contribution in [2.75, 3.05) is 38.1 Å². The molecule has 2 heterocycles. The van der Waals surface area contributed by atoms with Crippen molar-refractivity contribution in [2.45, 2.75) is 38.0 Å². The molecule has 104 valence electrons. The summed E-state index contributed by atoms with van der Waals surface area (Å²) in [5, 5.41) is 0. The van der Waals surface area contributed by atoms with Crippen LogP contribution in [0.15, 0.2) is 24.3 Å². The number of likely N-dealkylation sites (tertiary alicyclic amines) is 1. The van der Waals surface area contributed by atoms with Gasteiger partial charge in [0.15, 0.2) is 0 Å². The van der Waals surface area contributed by atoms with Crippen molar-refractivity contribution < 1.29 is 0 Å². The maximum Gasteiger partial charge on any atom is 0.0366 e. The van der Waals surface area contributed by atoms with Gasteiger partial charge in [0.1, 0.15) is 0 Å². The van der Waals surface area contributed by atoms with E-state index in [9.17, 15) is 0 Å². The highest BCUT2D eigenvalue weighted by atomic mass is 15.1. The van der Waals surface area contributed by atoms with E-state index in [-0.39, 0.29) is 0 Å². The van der Waals surface area contributed by atoms with Crippen molar-refractivity contribution >= 4 is 5.69 Å². The van der Waals surface area contributed by atoms with Crippen LogP contribution in [0.5, 0.6) is 0 Å². The molecule has 2 heteroatoms. The van der Waals surface area contributed by atoms with Crippen LogP contribution in [0, 0.1) is 0 Å². The summed E-state index contributed by atoms with van der Waals surface area (Å²) in [5.74, 6) is 0. The quantitative estimate of drug-likeness (QED) is 0.803. The molecule has 3 rings (SSSR count). The molecule has 0 radical (unpaired) electrons. The molecule has 0 aliphatic carbocycles. The first-order chi connectivity index (χ1) is 9.17. The Hall–Kier alpha value is -1.02. The van der Waals surface area contributed by atoms with E-state index in [2.05, 4.69) is 48.0 Å². The summed E-state index contributed by atoms with van der Waals surface area (Å²) in [6.07, 6.45) is 5.27. The molecule has 2 aliphatic rings. The van der Waals surface area contributed by atoms with Gasteiger partial charge in [-0.1, -0.05) is 19.1 Å². The fourth-order valence-corrected chi connectivity index (χ4v) is 3.45. The van der Waals surface area contributed by atoms with Gasteiger partial charge in [0.05, 0.1) is 0 Å². The molecule has 0 spiro atoms. The Morgan fingerprint density at radius 1 is 0.895 bits per heavy atom. The van der Waals surface area contributed by atoms with Crippen LogP contribution in [-0.4, -0.2) is 38.1 Å². The zero-order valence-corrected chi connectivity index (χ0v) is 12.4. The number of hydrogen-bond donors (Lipinski definition) is 0. The summed E-state index contributed by atoms with van der Waals surface area (Å²) in [7, 11) is 2.23. The molecule has 0 amide bonds. The Balaban J connectivity index is 1.74. The van der Waals surface area contributed by atoms with Gasteiger partial charge < -0.3 is 9.80 Å². The van der Waals surface area contributed by atoms with Crippen LogP contribution >= 0.6 is 0 Å². The lowest BCUT2D eigenvalue weighted by Gasteiger charge is -2.38. The van der Waals surface area contributed by atoms with Gasteiger partial charge in [-0.3, -0.25) is 0 Å². The smallest absolute Gasteiger partial charge is 0.0366 e. The number of benzene rings is 1. The molecule has 2 fully saturated rings. The second-order valence-electron chi connectivity index (χ2n) is 6.60. The average molecular weight is 258 g/mol. The first kappa shape index (κ1) is 13.0. The number of nitrogens with zero attached hydrogens (tertiary/aromatic N) is 2. The molecule has 19 heavy (non-hydrogen) atoms. The SMILES string of the molecule is CN1CCC(C)(c2ccc(N3CCCC3)cc2)CC1. The Morgan fingerprint density at radius 2 is 1.47 bits per heavy atom. The van der Waals surface area contributed by atoms with Crippen molar-refractivity contribution in [3.8, 4) is 0 Å². The van der Waals surface area contributed by atoms with Gasteiger partial charge in [-0.25, -0.2) is 0 Å². The van der Waals surface area contributed by atoms with E-state index in [0.29, 0.717) is 5.41 Å². The van der Waals surface area contributed by atoms with Gasteiger partial charge in [-0.05, 0) is 68.9 Å². The Kier molecular flexibility index (Phi) is 3.53. The summed E-state index contributed by atoms with van der Waals surface area (Å²) >= 11 is 0. The van der Waals surface area contributed by atoms with Crippen LogP contribution in [0.4, 0.5) is 5.69 Å². The van der Waals surface area contributed by atoms with Crippen LogP contribution in [0.3, 0.4) is 0 Å². The predicted octanol–water partition coefficient (Wildman–Crippen LogP) is 3.27. The molecule has 1 aromatic rings. The predicted molar refractivity (Wildman–Crippen MR) is 82.0 cm³/mol. The van der Waals surface area contributed by atoms with Crippen molar-refractivity contribution in [3.05, 3.63) is 29.8 Å². The summed E-state index contributed by atoms with van der Waals surface area (Å²) in [5.41, 5.74) is 3.33. The third-order valence-electron chi connectivity index (χ3n) is 5.13. The molecule has 0 bridgehead atoms. The van der Waals surface area contributed by atoms with Crippen LogP contribution in [0.2, 0.25) is 0 Å². The highest BCUT2D eigenvalue weighted by molar-refractivity contribution is 5.49. The van der Waals surface area contributed by atoms with Gasteiger partial charge in [0.25, 0.3) is 0 Å². The minimum Gasteiger partial charge on any atom is -0.372 e. The van der Waals surface area contributed by atoms with E-state index in [0.717, 1.165) is 0 Å². The average Bonchev–Trinajstić information content (AvgIpc) is 2.97. The van der Waals surface area contributed by atoms with Crippen molar-refractivity contribution in [1.29, 1.82) is 0 Å². The maximum absolute atomic E-state index is 2.51. The van der Waals surface area contributed by atoms with E-state index in [1.807, 2.05) is 0 Å². The summed E-state index contributed by atoms with van der Waals surface area (Å²) < 4.78 is 0. The topological polar surface area (TPSA) is 6.48 Å². The molecule has 1 aromatic carbocycles. The lowest BCUT2D eigenvalue weighted by molar-refractivity contribution is 0.200. The molecule has 0 N–H and O–H groups in total. The lowest BCUT2D eigenvalue weighted by atomic mass is 9.74. The van der Waals surface area contributed by atoms with Gasteiger partial charge >= 0.3 is 0 Å². The Labute approximate surface area is 117 Å². The fraction of sp³-hybridized carbons (Fsp3) is 0.647. The Bertz CT molecular complexity index is 409. The zero-order valence-electron chi connectivity index (χ0n) is 12.4. The maximum atomic E-state index is 2.51. The number of piperidine rings is 1. The van der Waals surface area contributed by atoms with Crippen molar-refractivity contribution in [1.82, 2.24) is 4.90 Å². The van der Waals surface area contributed by atoms with Crippen molar-refractivity contribution in [2.24, 2.45) is 0 Å². The highest BCUT2D eigenvalue weighted by Gasteiger charge is 2.30. The largest absolute Gasteiger partial charge is 0.372 e. The minimum absolute atomic E-state index is 0.385. The third-order valence-corrected chi connectivity index (χ3v) is 5.13. The summed E-state index contributed by atoms with van der Waals surface area (Å²) in [6, 6.07) is 9.42. The molecule has 2 nitrogen and oxygen atoms in total. The third kappa shape index (κ3) is 2.64. The molecule has 2 saturated heterocycles. The van der Waals surface area contributed by atoms with Gasteiger partial charge in [0.2, 0.25) is 0 Å². The van der Waals surface area contributed by atoms with E-state index in [1.54, 1.807) is 0 Å². The first-order valence-corrected chi connectivity index (χ1v) is 7.71. The molecular weight excluding hydrogens is 232 g/mol. The van der Waals surface area contributed by atoms with Gasteiger partial charge in [-0.2, -0.15) is 0 Å². The minimum atomic E-state index is 0.385. The second-order valence-corrected chi connectivity index (χ2v) is 6.60. The van der Waals surface area contributed by atoms with E-state index in [4.69, 9.17) is 0 Å². The Morgan fingerprint density at radius 3 is 2.05 bits per heavy atom. The van der Waals surface area contributed by atoms with E-state index in [1.165, 1.54) is 63.1 Å². The number of rotatable bonds is 2. The van der Waals surface area contributed by atoms with Crippen LogP contribution in [0.25, 0.3) is 0 Å². The van der Waals surface area contributed by atoms with Gasteiger partial charge in [-0.15, -0.1) is 0 Å². The van der Waals surface area contributed by atoms with Crippen molar-refractivity contribution in [3.63, 3.8) is 0 Å². The molecular formula is C17H26N2. The van der Waals surface area contributed by atoms with Crippen LogP contribution < -0.4 is 4.90 Å². The molecule has 0 unspecified atom stereocenters.